The van der Waals surface area contributed by atoms with Crippen LogP contribution in [0.25, 0.3) is 0 Å². The summed E-state index contributed by atoms with van der Waals surface area (Å²) in [6, 6.07) is 9.01. The number of aryl methyl sites for hydroxylation is 1. The predicted octanol–water partition coefficient (Wildman–Crippen LogP) is 2.18. The summed E-state index contributed by atoms with van der Waals surface area (Å²) in [7, 11) is 0. The molecular weight excluding hydrogens is 224 g/mol. The molecule has 1 unspecified atom stereocenters. The average Bonchev–Trinajstić information content (AvgIpc) is 2.80. The summed E-state index contributed by atoms with van der Waals surface area (Å²) in [6.07, 6.45) is 3.86. The van der Waals surface area contributed by atoms with E-state index in [9.17, 15) is 4.79 Å². The van der Waals surface area contributed by atoms with Gasteiger partial charge in [0, 0.05) is 25.6 Å². The van der Waals surface area contributed by atoms with E-state index in [0.29, 0.717) is 12.5 Å². The van der Waals surface area contributed by atoms with Crippen molar-refractivity contribution in [2.24, 2.45) is 0 Å². The molecule has 1 aliphatic carbocycles. The van der Waals surface area contributed by atoms with Crippen LogP contribution in [0.4, 0.5) is 0 Å². The van der Waals surface area contributed by atoms with Gasteiger partial charge in [0.1, 0.15) is 0 Å². The van der Waals surface area contributed by atoms with E-state index in [1.807, 2.05) is 0 Å². The molecule has 0 bridgehead atoms. The Kier molecular flexibility index (Phi) is 4.76. The molecule has 2 N–H and O–H groups in total. The summed E-state index contributed by atoms with van der Waals surface area (Å²) < 4.78 is 0. The molecule has 98 valence electrons. The van der Waals surface area contributed by atoms with E-state index >= 15 is 0 Å². The number of fused-ring (bicyclic) bond motifs is 1. The minimum atomic E-state index is 0.149. The number of amides is 1. The molecule has 18 heavy (non-hydrogen) atoms. The van der Waals surface area contributed by atoms with Crippen molar-refractivity contribution in [1.82, 2.24) is 10.6 Å². The Bertz CT molecular complexity index is 403. The smallest absolute Gasteiger partial charge is 0.221 e. The van der Waals surface area contributed by atoms with Crippen LogP contribution in [0.3, 0.4) is 0 Å². The number of carbonyl (C=O) groups excluding carboxylic acids is 1. The van der Waals surface area contributed by atoms with Crippen LogP contribution in [0.2, 0.25) is 0 Å². The number of hydrogen-bond acceptors (Lipinski definition) is 2. The van der Waals surface area contributed by atoms with Crippen molar-refractivity contribution in [3.05, 3.63) is 35.4 Å². The van der Waals surface area contributed by atoms with Gasteiger partial charge in [-0.25, -0.2) is 0 Å². The van der Waals surface area contributed by atoms with E-state index in [0.717, 1.165) is 32.4 Å². The fraction of sp³-hybridized carbons (Fsp3) is 0.533. The second kappa shape index (κ2) is 6.55. The summed E-state index contributed by atoms with van der Waals surface area (Å²) in [5.74, 6) is 0.149. The number of hydrogen-bond donors (Lipinski definition) is 2. The fourth-order valence-electron chi connectivity index (χ4n) is 2.48. The van der Waals surface area contributed by atoms with Crippen LogP contribution in [-0.2, 0) is 11.2 Å². The van der Waals surface area contributed by atoms with Crippen LogP contribution in [0, 0.1) is 0 Å². The zero-order valence-corrected chi connectivity index (χ0v) is 11.0. The van der Waals surface area contributed by atoms with E-state index in [4.69, 9.17) is 0 Å². The molecule has 1 amide bonds. The first-order chi connectivity index (χ1) is 8.81. The third-order valence-electron chi connectivity index (χ3n) is 3.45. The Balaban J connectivity index is 1.74. The lowest BCUT2D eigenvalue weighted by Gasteiger charge is -2.13. The maximum Gasteiger partial charge on any atom is 0.221 e. The van der Waals surface area contributed by atoms with E-state index in [1.165, 1.54) is 11.1 Å². The van der Waals surface area contributed by atoms with Gasteiger partial charge in [0.05, 0.1) is 0 Å². The van der Waals surface area contributed by atoms with Gasteiger partial charge in [0.15, 0.2) is 0 Å². The van der Waals surface area contributed by atoms with Gasteiger partial charge < -0.3 is 10.6 Å². The van der Waals surface area contributed by atoms with Gasteiger partial charge in [-0.3, -0.25) is 4.79 Å². The van der Waals surface area contributed by atoms with Crippen molar-refractivity contribution < 1.29 is 4.79 Å². The monoisotopic (exact) mass is 246 g/mol. The number of rotatable bonds is 6. The van der Waals surface area contributed by atoms with Crippen LogP contribution in [0.1, 0.15) is 43.4 Å². The maximum atomic E-state index is 11.5. The molecule has 0 heterocycles. The summed E-state index contributed by atoms with van der Waals surface area (Å²) in [5, 5.41) is 6.38. The third-order valence-corrected chi connectivity index (χ3v) is 3.45. The van der Waals surface area contributed by atoms with Crippen LogP contribution in [0.5, 0.6) is 0 Å². The lowest BCUT2D eigenvalue weighted by atomic mass is 10.1. The van der Waals surface area contributed by atoms with E-state index in [2.05, 4.69) is 41.8 Å². The number of nitrogens with one attached hydrogen (secondary N) is 2. The number of benzene rings is 1. The van der Waals surface area contributed by atoms with Crippen LogP contribution < -0.4 is 10.6 Å². The van der Waals surface area contributed by atoms with E-state index < -0.39 is 0 Å². The zero-order valence-electron chi connectivity index (χ0n) is 11.0. The largest absolute Gasteiger partial charge is 0.356 e. The molecule has 0 aromatic heterocycles. The summed E-state index contributed by atoms with van der Waals surface area (Å²) in [5.41, 5.74) is 2.86. The zero-order chi connectivity index (χ0) is 12.8. The molecule has 0 aliphatic heterocycles. The molecule has 3 heteroatoms. The van der Waals surface area contributed by atoms with Gasteiger partial charge in [0.2, 0.25) is 5.91 Å². The average molecular weight is 246 g/mol. The highest BCUT2D eigenvalue weighted by Gasteiger charge is 2.20. The molecule has 0 saturated carbocycles. The lowest BCUT2D eigenvalue weighted by Crippen LogP contribution is -2.29. The highest BCUT2D eigenvalue weighted by Crippen LogP contribution is 2.30. The molecule has 1 aromatic carbocycles. The van der Waals surface area contributed by atoms with Gasteiger partial charge in [-0.1, -0.05) is 31.2 Å². The summed E-state index contributed by atoms with van der Waals surface area (Å²) in [4.78, 5) is 11.5. The van der Waals surface area contributed by atoms with E-state index in [1.54, 1.807) is 0 Å². The van der Waals surface area contributed by atoms with Crippen molar-refractivity contribution in [2.45, 2.75) is 38.6 Å². The number of carbonyl (C=O) groups is 1. The van der Waals surface area contributed by atoms with Crippen molar-refractivity contribution in [3.63, 3.8) is 0 Å². The van der Waals surface area contributed by atoms with Gasteiger partial charge in [-0.05, 0) is 30.4 Å². The normalized spacial score (nSPS) is 17.5. The first kappa shape index (κ1) is 13.1. The quantitative estimate of drug-likeness (QED) is 0.807. The third kappa shape index (κ3) is 3.33. The molecule has 2 rings (SSSR count). The van der Waals surface area contributed by atoms with Crippen molar-refractivity contribution in [3.8, 4) is 0 Å². The van der Waals surface area contributed by atoms with Gasteiger partial charge in [-0.2, -0.15) is 0 Å². The Labute approximate surface area is 109 Å². The Morgan fingerprint density at radius 3 is 3.00 bits per heavy atom. The Hall–Kier alpha value is -1.35. The van der Waals surface area contributed by atoms with Crippen molar-refractivity contribution in [2.75, 3.05) is 13.1 Å². The van der Waals surface area contributed by atoms with Crippen molar-refractivity contribution >= 4 is 5.91 Å². The van der Waals surface area contributed by atoms with Gasteiger partial charge >= 0.3 is 0 Å². The molecular formula is C15H22N2O. The first-order valence-corrected chi connectivity index (χ1v) is 6.89. The van der Waals surface area contributed by atoms with Gasteiger partial charge in [-0.15, -0.1) is 0 Å². The summed E-state index contributed by atoms with van der Waals surface area (Å²) in [6.45, 7) is 3.60. The maximum absolute atomic E-state index is 11.5. The summed E-state index contributed by atoms with van der Waals surface area (Å²) >= 11 is 0. The van der Waals surface area contributed by atoms with Crippen molar-refractivity contribution in [1.29, 1.82) is 0 Å². The molecule has 0 spiro atoms. The SMILES string of the molecule is CCCNC(=O)CCNC1CCc2ccccc21. The second-order valence-electron chi connectivity index (χ2n) is 4.84. The molecule has 1 aromatic rings. The molecule has 3 nitrogen and oxygen atoms in total. The molecule has 0 fully saturated rings. The highest BCUT2D eigenvalue weighted by atomic mass is 16.1. The second-order valence-corrected chi connectivity index (χ2v) is 4.84. The Morgan fingerprint density at radius 2 is 2.17 bits per heavy atom. The standard InChI is InChI=1S/C15H22N2O/c1-2-10-17-15(18)9-11-16-14-8-7-12-5-3-4-6-13(12)14/h3-6,14,16H,2,7-11H2,1H3,(H,17,18). The first-order valence-electron chi connectivity index (χ1n) is 6.89. The molecule has 0 saturated heterocycles. The topological polar surface area (TPSA) is 41.1 Å². The fourth-order valence-corrected chi connectivity index (χ4v) is 2.48. The lowest BCUT2D eigenvalue weighted by molar-refractivity contribution is -0.121. The molecule has 1 atom stereocenters. The minimum Gasteiger partial charge on any atom is -0.356 e. The minimum absolute atomic E-state index is 0.149. The van der Waals surface area contributed by atoms with Crippen LogP contribution in [0.15, 0.2) is 24.3 Å². The molecule has 0 radical (unpaired) electrons. The Morgan fingerprint density at radius 1 is 1.33 bits per heavy atom. The predicted molar refractivity (Wildman–Crippen MR) is 73.4 cm³/mol. The van der Waals surface area contributed by atoms with Crippen LogP contribution in [-0.4, -0.2) is 19.0 Å². The van der Waals surface area contributed by atoms with E-state index in [-0.39, 0.29) is 5.91 Å². The van der Waals surface area contributed by atoms with Gasteiger partial charge in [0.25, 0.3) is 0 Å². The molecule has 1 aliphatic rings. The highest BCUT2D eigenvalue weighted by molar-refractivity contribution is 5.76. The van der Waals surface area contributed by atoms with Crippen LogP contribution >= 0.6 is 0 Å².